The van der Waals surface area contributed by atoms with Crippen LogP contribution in [-0.2, 0) is 0 Å². The summed E-state index contributed by atoms with van der Waals surface area (Å²) in [6.07, 6.45) is 6.53. The van der Waals surface area contributed by atoms with E-state index in [9.17, 15) is 4.79 Å². The van der Waals surface area contributed by atoms with Crippen molar-refractivity contribution < 1.29 is 4.79 Å². The zero-order valence-corrected chi connectivity index (χ0v) is 11.0. The number of benzene rings is 1. The molecule has 0 fully saturated rings. The van der Waals surface area contributed by atoms with Crippen LogP contribution in [0, 0.1) is 0 Å². The Morgan fingerprint density at radius 1 is 1.21 bits per heavy atom. The first kappa shape index (κ1) is 12.0. The minimum absolute atomic E-state index is 0.134. The highest BCUT2D eigenvalue weighted by Gasteiger charge is 2.24. The first-order valence-electron chi connectivity index (χ1n) is 5.95. The van der Waals surface area contributed by atoms with Crippen molar-refractivity contribution in [1.29, 1.82) is 0 Å². The predicted octanol–water partition coefficient (Wildman–Crippen LogP) is 3.62. The lowest BCUT2D eigenvalue weighted by Gasteiger charge is -2.26. The Balaban J connectivity index is 2.00. The first-order chi connectivity index (χ1) is 9.40. The summed E-state index contributed by atoms with van der Waals surface area (Å²) in [4.78, 5) is 17.4. The number of carbonyl (C=O) groups excluding carboxylic acids is 1. The van der Waals surface area contributed by atoms with Crippen LogP contribution in [0.2, 0.25) is 0 Å². The lowest BCUT2D eigenvalue weighted by atomic mass is 10.1. The topological polar surface area (TPSA) is 33.2 Å². The van der Waals surface area contributed by atoms with Crippen LogP contribution in [0.4, 0.5) is 5.69 Å². The van der Waals surface area contributed by atoms with E-state index < -0.39 is 0 Å². The fourth-order valence-corrected chi connectivity index (χ4v) is 3.07. The predicted molar refractivity (Wildman–Crippen MR) is 78.0 cm³/mol. The highest BCUT2D eigenvalue weighted by Crippen LogP contribution is 2.42. The van der Waals surface area contributed by atoms with Crippen LogP contribution >= 0.6 is 11.8 Å². The molecule has 4 heteroatoms. The maximum Gasteiger partial charge on any atom is 0.152 e. The number of para-hydroxylation sites is 1. The quantitative estimate of drug-likeness (QED) is 0.796. The van der Waals surface area contributed by atoms with Gasteiger partial charge in [-0.15, -0.1) is 11.8 Å². The Morgan fingerprint density at radius 3 is 2.89 bits per heavy atom. The Kier molecular flexibility index (Phi) is 3.33. The highest BCUT2D eigenvalue weighted by molar-refractivity contribution is 8.02. The molecule has 1 aromatic heterocycles. The molecule has 3 nitrogen and oxygen atoms in total. The summed E-state index contributed by atoms with van der Waals surface area (Å²) in [6.45, 7) is 0. The van der Waals surface area contributed by atoms with Gasteiger partial charge < -0.3 is 4.90 Å². The zero-order chi connectivity index (χ0) is 13.1. The third-order valence-electron chi connectivity index (χ3n) is 2.99. The molecular weight excluding hydrogens is 256 g/mol. The molecule has 19 heavy (non-hydrogen) atoms. The minimum atomic E-state index is 0.134. The molecule has 0 amide bonds. The van der Waals surface area contributed by atoms with Crippen LogP contribution in [0.25, 0.3) is 0 Å². The molecule has 1 aliphatic rings. The molecule has 94 valence electrons. The first-order valence-corrected chi connectivity index (χ1v) is 6.89. The van der Waals surface area contributed by atoms with E-state index in [0.29, 0.717) is 5.56 Å². The minimum Gasteiger partial charge on any atom is -0.330 e. The Morgan fingerprint density at radius 2 is 2.11 bits per heavy atom. The maximum absolute atomic E-state index is 11.2. The molecule has 1 aliphatic heterocycles. The summed E-state index contributed by atoms with van der Waals surface area (Å²) in [5.74, 6) is 0. The number of aldehydes is 1. The van der Waals surface area contributed by atoms with E-state index in [1.165, 1.54) is 0 Å². The monoisotopic (exact) mass is 268 g/mol. The number of pyridine rings is 1. The summed E-state index contributed by atoms with van der Waals surface area (Å²) in [6, 6.07) is 11.6. The van der Waals surface area contributed by atoms with Gasteiger partial charge in [-0.1, -0.05) is 18.2 Å². The van der Waals surface area contributed by atoms with Gasteiger partial charge in [0, 0.05) is 29.7 Å². The number of hydrogen-bond acceptors (Lipinski definition) is 4. The Labute approximate surface area is 116 Å². The molecule has 0 bridgehead atoms. The second-order valence-corrected chi connectivity index (χ2v) is 5.13. The number of aromatic nitrogens is 1. The van der Waals surface area contributed by atoms with Gasteiger partial charge in [0.15, 0.2) is 6.29 Å². The van der Waals surface area contributed by atoms with Crippen LogP contribution in [0.1, 0.15) is 21.3 Å². The van der Waals surface area contributed by atoms with E-state index in [4.69, 9.17) is 0 Å². The zero-order valence-electron chi connectivity index (χ0n) is 10.1. The van der Waals surface area contributed by atoms with E-state index in [2.05, 4.69) is 9.88 Å². The SMILES string of the molecule is O=Cc1ccccc1N1C=CSC1c1cccnc1. The number of thioether (sulfide) groups is 1. The standard InChI is InChI=1S/C15H12N2OS/c18-11-13-4-1-2-6-14(13)17-8-9-19-15(17)12-5-3-7-16-10-12/h1-11,15H. The number of hydrogen-bond donors (Lipinski definition) is 0. The molecule has 0 radical (unpaired) electrons. The number of carbonyl (C=O) groups is 1. The molecule has 2 aromatic rings. The lowest BCUT2D eigenvalue weighted by Crippen LogP contribution is -2.18. The van der Waals surface area contributed by atoms with Crippen molar-refractivity contribution >= 4 is 23.7 Å². The average molecular weight is 268 g/mol. The molecule has 0 aliphatic carbocycles. The Hall–Kier alpha value is -2.07. The van der Waals surface area contributed by atoms with Crippen molar-refractivity contribution in [1.82, 2.24) is 4.98 Å². The van der Waals surface area contributed by atoms with Gasteiger partial charge in [-0.05, 0) is 23.6 Å². The van der Waals surface area contributed by atoms with Gasteiger partial charge in [-0.25, -0.2) is 0 Å². The van der Waals surface area contributed by atoms with Gasteiger partial charge in [0.2, 0.25) is 0 Å². The van der Waals surface area contributed by atoms with E-state index in [-0.39, 0.29) is 5.37 Å². The van der Waals surface area contributed by atoms with E-state index in [1.807, 2.05) is 54.2 Å². The molecule has 2 heterocycles. The van der Waals surface area contributed by atoms with Crippen LogP contribution in [-0.4, -0.2) is 11.3 Å². The number of rotatable bonds is 3. The van der Waals surface area contributed by atoms with E-state index in [1.54, 1.807) is 18.0 Å². The molecule has 1 unspecified atom stereocenters. The van der Waals surface area contributed by atoms with Crippen molar-refractivity contribution in [3.63, 3.8) is 0 Å². The molecule has 1 aromatic carbocycles. The second kappa shape index (κ2) is 5.28. The van der Waals surface area contributed by atoms with Crippen molar-refractivity contribution in [2.75, 3.05) is 4.90 Å². The second-order valence-electron chi connectivity index (χ2n) is 4.14. The number of anilines is 1. The van der Waals surface area contributed by atoms with Gasteiger partial charge >= 0.3 is 0 Å². The molecule has 0 spiro atoms. The summed E-state index contributed by atoms with van der Waals surface area (Å²) in [7, 11) is 0. The van der Waals surface area contributed by atoms with Gasteiger partial charge in [0.05, 0.1) is 5.69 Å². The van der Waals surface area contributed by atoms with E-state index >= 15 is 0 Å². The van der Waals surface area contributed by atoms with Gasteiger partial charge in [0.1, 0.15) is 5.37 Å². The van der Waals surface area contributed by atoms with Crippen LogP contribution in [0.3, 0.4) is 0 Å². The Bertz CT molecular complexity index is 613. The smallest absolute Gasteiger partial charge is 0.152 e. The van der Waals surface area contributed by atoms with Crippen molar-refractivity contribution in [2.45, 2.75) is 5.37 Å². The largest absolute Gasteiger partial charge is 0.330 e. The van der Waals surface area contributed by atoms with Crippen molar-refractivity contribution in [2.24, 2.45) is 0 Å². The van der Waals surface area contributed by atoms with Gasteiger partial charge in [-0.3, -0.25) is 9.78 Å². The summed E-state index contributed by atoms with van der Waals surface area (Å²) in [5, 5.41) is 2.17. The van der Waals surface area contributed by atoms with Crippen molar-refractivity contribution in [3.05, 3.63) is 71.5 Å². The molecule has 0 N–H and O–H groups in total. The molecule has 1 atom stereocenters. The molecular formula is C15H12N2OS. The lowest BCUT2D eigenvalue weighted by molar-refractivity contribution is 0.112. The van der Waals surface area contributed by atoms with Crippen molar-refractivity contribution in [3.8, 4) is 0 Å². The maximum atomic E-state index is 11.2. The molecule has 3 rings (SSSR count). The average Bonchev–Trinajstić information content (AvgIpc) is 2.97. The fourth-order valence-electron chi connectivity index (χ4n) is 2.11. The summed E-state index contributed by atoms with van der Waals surface area (Å²) < 4.78 is 0. The normalized spacial score (nSPS) is 17.7. The number of nitrogens with zero attached hydrogens (tertiary/aromatic N) is 2. The molecule has 0 saturated heterocycles. The third-order valence-corrected chi connectivity index (χ3v) is 4.03. The van der Waals surface area contributed by atoms with Gasteiger partial charge in [-0.2, -0.15) is 0 Å². The van der Waals surface area contributed by atoms with Crippen LogP contribution < -0.4 is 4.90 Å². The third kappa shape index (κ3) is 2.27. The van der Waals surface area contributed by atoms with Crippen LogP contribution in [0.5, 0.6) is 0 Å². The highest BCUT2D eigenvalue weighted by atomic mass is 32.2. The summed E-state index contributed by atoms with van der Waals surface area (Å²) >= 11 is 1.71. The van der Waals surface area contributed by atoms with Gasteiger partial charge in [0.25, 0.3) is 0 Å². The van der Waals surface area contributed by atoms with E-state index in [0.717, 1.165) is 17.5 Å². The van der Waals surface area contributed by atoms with Crippen LogP contribution in [0.15, 0.2) is 60.4 Å². The molecule has 0 saturated carbocycles. The summed E-state index contributed by atoms with van der Waals surface area (Å²) in [5.41, 5.74) is 2.74. The fraction of sp³-hybridized carbons (Fsp3) is 0.0667.